The number of thiophene rings is 1. The van der Waals surface area contributed by atoms with Crippen LogP contribution in [0, 0.1) is 0 Å². The maximum absolute atomic E-state index is 12.5. The lowest BCUT2D eigenvalue weighted by molar-refractivity contribution is -0.130. The highest BCUT2D eigenvalue weighted by molar-refractivity contribution is 7.09. The van der Waals surface area contributed by atoms with Gasteiger partial charge in [0.1, 0.15) is 6.54 Å². The molecule has 140 valence electrons. The molecule has 6 heteroatoms. The third-order valence-electron chi connectivity index (χ3n) is 3.91. The van der Waals surface area contributed by atoms with Crippen LogP contribution in [0.25, 0.3) is 0 Å². The molecule has 5 nitrogen and oxygen atoms in total. The minimum atomic E-state index is 0.0341. The number of nitrogens with one attached hydrogen (secondary N) is 2. The monoisotopic (exact) mass is 372 g/mol. The Labute approximate surface area is 160 Å². The molecule has 0 aliphatic carbocycles. The molecular formula is C20H28N4OS. The second-order valence-corrected chi connectivity index (χ2v) is 6.88. The zero-order chi connectivity index (χ0) is 18.6. The summed E-state index contributed by atoms with van der Waals surface area (Å²) in [6.07, 6.45) is 0.950. The van der Waals surface area contributed by atoms with Crippen molar-refractivity contribution in [3.8, 4) is 0 Å². The summed E-state index contributed by atoms with van der Waals surface area (Å²) in [7, 11) is 0. The third-order valence-corrected chi connectivity index (χ3v) is 4.85. The van der Waals surface area contributed by atoms with Gasteiger partial charge in [-0.25, -0.2) is 4.99 Å². The molecule has 0 spiro atoms. The number of aliphatic imine (C=N–C) groups is 1. The van der Waals surface area contributed by atoms with Gasteiger partial charge in [-0.05, 0) is 37.3 Å². The van der Waals surface area contributed by atoms with Crippen LogP contribution in [-0.4, -0.2) is 42.9 Å². The van der Waals surface area contributed by atoms with Gasteiger partial charge in [0.2, 0.25) is 5.91 Å². The molecule has 0 radical (unpaired) electrons. The molecule has 0 fully saturated rings. The standard InChI is InChI=1S/C20H28N4OS/c1-3-21-20(22-13-12-18-11-8-14-26-18)23-15-19(25)24(4-2)16-17-9-6-5-7-10-17/h5-11,14H,3-4,12-13,15-16H2,1-2H3,(H2,21,22,23). The number of guanidine groups is 1. The molecule has 1 aromatic carbocycles. The lowest BCUT2D eigenvalue weighted by Crippen LogP contribution is -2.40. The zero-order valence-electron chi connectivity index (χ0n) is 15.6. The lowest BCUT2D eigenvalue weighted by Gasteiger charge is -2.20. The van der Waals surface area contributed by atoms with Crippen LogP contribution in [0.4, 0.5) is 0 Å². The maximum atomic E-state index is 12.5. The average Bonchev–Trinajstić information content (AvgIpc) is 3.18. The van der Waals surface area contributed by atoms with Crippen LogP contribution in [-0.2, 0) is 17.8 Å². The van der Waals surface area contributed by atoms with Crippen molar-refractivity contribution < 1.29 is 4.79 Å². The van der Waals surface area contributed by atoms with Crippen LogP contribution in [0.5, 0.6) is 0 Å². The van der Waals surface area contributed by atoms with Gasteiger partial charge < -0.3 is 15.5 Å². The molecule has 0 saturated heterocycles. The number of hydrogen-bond acceptors (Lipinski definition) is 3. The molecule has 1 heterocycles. The number of nitrogens with zero attached hydrogens (tertiary/aromatic N) is 2. The van der Waals surface area contributed by atoms with E-state index in [9.17, 15) is 4.79 Å². The van der Waals surface area contributed by atoms with Crippen LogP contribution in [0.2, 0.25) is 0 Å². The van der Waals surface area contributed by atoms with Gasteiger partial charge in [-0.3, -0.25) is 4.79 Å². The molecule has 2 rings (SSSR count). The number of benzene rings is 1. The van der Waals surface area contributed by atoms with E-state index < -0.39 is 0 Å². The molecule has 0 atom stereocenters. The summed E-state index contributed by atoms with van der Waals surface area (Å²) in [5.74, 6) is 0.722. The first-order chi connectivity index (χ1) is 12.7. The summed E-state index contributed by atoms with van der Waals surface area (Å²) in [6, 6.07) is 14.2. The van der Waals surface area contributed by atoms with Crippen LogP contribution in [0.3, 0.4) is 0 Å². The average molecular weight is 373 g/mol. The minimum absolute atomic E-state index is 0.0341. The van der Waals surface area contributed by atoms with Gasteiger partial charge in [0, 0.05) is 31.1 Å². The summed E-state index contributed by atoms with van der Waals surface area (Å²) in [5.41, 5.74) is 1.13. The summed E-state index contributed by atoms with van der Waals surface area (Å²) < 4.78 is 0. The van der Waals surface area contributed by atoms with E-state index in [1.807, 2.05) is 49.1 Å². The second kappa shape index (κ2) is 11.3. The van der Waals surface area contributed by atoms with Crippen molar-refractivity contribution >= 4 is 23.2 Å². The molecule has 0 aliphatic heterocycles. The second-order valence-electron chi connectivity index (χ2n) is 5.84. The zero-order valence-corrected chi connectivity index (χ0v) is 16.4. The Morgan fingerprint density at radius 1 is 1.12 bits per heavy atom. The lowest BCUT2D eigenvalue weighted by atomic mass is 10.2. The van der Waals surface area contributed by atoms with Crippen LogP contribution in [0.15, 0.2) is 52.8 Å². The molecule has 2 N–H and O–H groups in total. The van der Waals surface area contributed by atoms with Gasteiger partial charge in [0.05, 0.1) is 0 Å². The smallest absolute Gasteiger partial charge is 0.244 e. The highest BCUT2D eigenvalue weighted by atomic mass is 32.1. The largest absolute Gasteiger partial charge is 0.357 e. The summed E-state index contributed by atoms with van der Waals surface area (Å²) in [5, 5.41) is 8.57. The fourth-order valence-electron chi connectivity index (χ4n) is 2.53. The van der Waals surface area contributed by atoms with E-state index >= 15 is 0 Å². The normalized spacial score (nSPS) is 11.2. The van der Waals surface area contributed by atoms with Gasteiger partial charge >= 0.3 is 0 Å². The Morgan fingerprint density at radius 3 is 2.58 bits per heavy atom. The van der Waals surface area contributed by atoms with Crippen LogP contribution >= 0.6 is 11.3 Å². The molecule has 1 aromatic heterocycles. The SMILES string of the molecule is CCNC(=NCC(=O)N(CC)Cc1ccccc1)NCCc1cccs1. The number of hydrogen-bond donors (Lipinski definition) is 2. The van der Waals surface area contributed by atoms with E-state index in [1.54, 1.807) is 11.3 Å². The quantitative estimate of drug-likeness (QED) is 0.526. The van der Waals surface area contributed by atoms with E-state index in [-0.39, 0.29) is 12.5 Å². The highest BCUT2D eigenvalue weighted by Crippen LogP contribution is 2.08. The van der Waals surface area contributed by atoms with E-state index in [2.05, 4.69) is 33.1 Å². The van der Waals surface area contributed by atoms with Crippen molar-refractivity contribution in [1.82, 2.24) is 15.5 Å². The number of carbonyl (C=O) groups excluding carboxylic acids is 1. The summed E-state index contributed by atoms with van der Waals surface area (Å²) >= 11 is 1.75. The van der Waals surface area contributed by atoms with Gasteiger partial charge in [0.15, 0.2) is 5.96 Å². The number of carbonyl (C=O) groups is 1. The first-order valence-corrected chi connectivity index (χ1v) is 9.97. The minimum Gasteiger partial charge on any atom is -0.357 e. The molecule has 0 bridgehead atoms. The summed E-state index contributed by atoms with van der Waals surface area (Å²) in [6.45, 7) is 7.01. The van der Waals surface area contributed by atoms with Gasteiger partial charge in [-0.15, -0.1) is 11.3 Å². The van der Waals surface area contributed by atoms with Crippen molar-refractivity contribution in [3.63, 3.8) is 0 Å². The van der Waals surface area contributed by atoms with E-state index in [0.29, 0.717) is 19.0 Å². The van der Waals surface area contributed by atoms with Gasteiger partial charge in [-0.2, -0.15) is 0 Å². The number of amides is 1. The Hall–Kier alpha value is -2.34. The number of rotatable bonds is 9. The molecule has 0 aliphatic rings. The van der Waals surface area contributed by atoms with E-state index in [1.165, 1.54) is 4.88 Å². The molecular weight excluding hydrogens is 344 g/mol. The predicted octanol–water partition coefficient (Wildman–Crippen LogP) is 2.89. The van der Waals surface area contributed by atoms with E-state index in [4.69, 9.17) is 0 Å². The van der Waals surface area contributed by atoms with Gasteiger partial charge in [-0.1, -0.05) is 36.4 Å². The summed E-state index contributed by atoms with van der Waals surface area (Å²) in [4.78, 5) is 20.1. The van der Waals surface area contributed by atoms with Crippen molar-refractivity contribution in [3.05, 3.63) is 58.3 Å². The predicted molar refractivity (Wildman–Crippen MR) is 110 cm³/mol. The topological polar surface area (TPSA) is 56.7 Å². The molecule has 1 amide bonds. The highest BCUT2D eigenvalue weighted by Gasteiger charge is 2.12. The third kappa shape index (κ3) is 6.88. The maximum Gasteiger partial charge on any atom is 0.244 e. The molecule has 0 unspecified atom stereocenters. The Morgan fingerprint density at radius 2 is 1.92 bits per heavy atom. The molecule has 0 saturated carbocycles. The Kier molecular flexibility index (Phi) is 8.69. The Balaban J connectivity index is 1.86. The molecule has 26 heavy (non-hydrogen) atoms. The Bertz CT molecular complexity index is 670. The fraction of sp³-hybridized carbons (Fsp3) is 0.400. The first kappa shape index (κ1) is 20.0. The van der Waals surface area contributed by atoms with Crippen LogP contribution < -0.4 is 10.6 Å². The molecule has 2 aromatic rings. The van der Waals surface area contributed by atoms with E-state index in [0.717, 1.165) is 25.1 Å². The van der Waals surface area contributed by atoms with Crippen LogP contribution in [0.1, 0.15) is 24.3 Å². The van der Waals surface area contributed by atoms with Crippen molar-refractivity contribution in [2.24, 2.45) is 4.99 Å². The van der Waals surface area contributed by atoms with Gasteiger partial charge in [0.25, 0.3) is 0 Å². The number of likely N-dealkylation sites (N-methyl/N-ethyl adjacent to an activating group) is 1. The van der Waals surface area contributed by atoms with Crippen molar-refractivity contribution in [2.75, 3.05) is 26.2 Å². The van der Waals surface area contributed by atoms with Crippen molar-refractivity contribution in [1.29, 1.82) is 0 Å². The fourth-order valence-corrected chi connectivity index (χ4v) is 3.24. The first-order valence-electron chi connectivity index (χ1n) is 9.09. The van der Waals surface area contributed by atoms with Crippen molar-refractivity contribution in [2.45, 2.75) is 26.8 Å².